The number of nitrogens with zero attached hydrogens (tertiary/aromatic N) is 4. The van der Waals surface area contributed by atoms with Gasteiger partial charge in [-0.3, -0.25) is 4.99 Å². The number of aromatic nitrogens is 1. The highest BCUT2D eigenvalue weighted by Crippen LogP contribution is 2.19. The summed E-state index contributed by atoms with van der Waals surface area (Å²) in [6, 6.07) is 7.96. The van der Waals surface area contributed by atoms with Crippen molar-refractivity contribution in [3.8, 4) is 0 Å². The topological polar surface area (TPSA) is 57.8 Å². The van der Waals surface area contributed by atoms with Crippen molar-refractivity contribution in [2.45, 2.75) is 12.8 Å². The Balaban J connectivity index is 0.00000225. The summed E-state index contributed by atoms with van der Waals surface area (Å²) >= 11 is 7.84. The molecule has 25 heavy (non-hydrogen) atoms. The van der Waals surface area contributed by atoms with Crippen molar-refractivity contribution in [2.75, 3.05) is 37.6 Å². The summed E-state index contributed by atoms with van der Waals surface area (Å²) in [5, 5.41) is 3.92. The molecule has 1 aromatic heterocycles. The van der Waals surface area contributed by atoms with Crippen LogP contribution in [0.2, 0.25) is 5.02 Å². The highest BCUT2D eigenvalue weighted by Gasteiger charge is 2.19. The summed E-state index contributed by atoms with van der Waals surface area (Å²) in [5.74, 6) is 0.646. The number of hydrogen-bond donors (Lipinski definition) is 1. The molecule has 3 rings (SSSR count). The second-order valence-corrected chi connectivity index (χ2v) is 7.00. The summed E-state index contributed by atoms with van der Waals surface area (Å²) in [6.45, 7) is 4.37. The fourth-order valence-corrected chi connectivity index (χ4v) is 3.69. The van der Waals surface area contributed by atoms with Gasteiger partial charge in [0.25, 0.3) is 0 Å². The smallest absolute Gasteiger partial charge is 0.191 e. The molecule has 2 heterocycles. The number of benzene rings is 1. The number of aliphatic imine (C=N–C) groups is 1. The van der Waals surface area contributed by atoms with Crippen LogP contribution in [0.15, 0.2) is 40.8 Å². The van der Waals surface area contributed by atoms with Gasteiger partial charge in [-0.15, -0.1) is 35.3 Å². The Labute approximate surface area is 174 Å². The van der Waals surface area contributed by atoms with Crippen LogP contribution in [0.3, 0.4) is 0 Å². The maximum absolute atomic E-state index is 6.17. The fraction of sp³-hybridized carbons (Fsp3) is 0.412. The second-order valence-electron chi connectivity index (χ2n) is 5.72. The molecule has 2 aromatic rings. The van der Waals surface area contributed by atoms with Crippen molar-refractivity contribution in [2.24, 2.45) is 10.7 Å². The molecule has 5 nitrogen and oxygen atoms in total. The van der Waals surface area contributed by atoms with Crippen LogP contribution in [-0.4, -0.2) is 48.6 Å². The SMILES string of the molecule is I.NC(=NCCCc1ccccc1Cl)N1CCN(c2nccs2)CC1. The number of anilines is 1. The molecule has 1 aromatic carbocycles. The number of piperazine rings is 1. The minimum absolute atomic E-state index is 0. The van der Waals surface area contributed by atoms with E-state index in [0.717, 1.165) is 55.7 Å². The second kappa shape index (κ2) is 10.2. The summed E-state index contributed by atoms with van der Waals surface area (Å²) in [4.78, 5) is 13.3. The van der Waals surface area contributed by atoms with E-state index in [1.54, 1.807) is 11.3 Å². The number of thiazole rings is 1. The van der Waals surface area contributed by atoms with Crippen molar-refractivity contribution in [3.05, 3.63) is 46.4 Å². The third-order valence-electron chi connectivity index (χ3n) is 4.13. The minimum atomic E-state index is 0. The molecular formula is C17H23ClIN5S. The van der Waals surface area contributed by atoms with Crippen LogP contribution in [0, 0.1) is 0 Å². The normalized spacial score (nSPS) is 15.2. The van der Waals surface area contributed by atoms with Crippen LogP contribution >= 0.6 is 46.9 Å². The summed E-state index contributed by atoms with van der Waals surface area (Å²) in [6.07, 6.45) is 3.72. The molecule has 0 unspecified atom stereocenters. The summed E-state index contributed by atoms with van der Waals surface area (Å²) < 4.78 is 0. The van der Waals surface area contributed by atoms with E-state index in [9.17, 15) is 0 Å². The molecule has 1 aliphatic rings. The van der Waals surface area contributed by atoms with Crippen molar-refractivity contribution in [1.29, 1.82) is 0 Å². The lowest BCUT2D eigenvalue weighted by Gasteiger charge is -2.35. The minimum Gasteiger partial charge on any atom is -0.370 e. The molecule has 1 aliphatic heterocycles. The van der Waals surface area contributed by atoms with E-state index >= 15 is 0 Å². The molecule has 0 amide bonds. The molecule has 0 radical (unpaired) electrons. The Morgan fingerprint density at radius 1 is 1.24 bits per heavy atom. The van der Waals surface area contributed by atoms with Gasteiger partial charge in [0, 0.05) is 49.3 Å². The predicted octanol–water partition coefficient (Wildman–Crippen LogP) is 3.48. The van der Waals surface area contributed by atoms with Crippen molar-refractivity contribution >= 4 is 58.0 Å². The van der Waals surface area contributed by atoms with E-state index in [-0.39, 0.29) is 24.0 Å². The van der Waals surface area contributed by atoms with E-state index in [1.165, 1.54) is 5.56 Å². The number of hydrogen-bond acceptors (Lipinski definition) is 4. The highest BCUT2D eigenvalue weighted by molar-refractivity contribution is 14.0. The van der Waals surface area contributed by atoms with Gasteiger partial charge >= 0.3 is 0 Å². The Morgan fingerprint density at radius 2 is 2.00 bits per heavy atom. The number of rotatable bonds is 5. The summed E-state index contributed by atoms with van der Waals surface area (Å²) in [5.41, 5.74) is 7.31. The van der Waals surface area contributed by atoms with Crippen molar-refractivity contribution in [1.82, 2.24) is 9.88 Å². The lowest BCUT2D eigenvalue weighted by atomic mass is 10.1. The third-order valence-corrected chi connectivity index (χ3v) is 5.33. The molecule has 0 aliphatic carbocycles. The lowest BCUT2D eigenvalue weighted by Crippen LogP contribution is -2.51. The molecule has 1 fully saturated rings. The van der Waals surface area contributed by atoms with Crippen LogP contribution in [0.4, 0.5) is 5.13 Å². The molecule has 0 bridgehead atoms. The quantitative estimate of drug-likeness (QED) is 0.301. The average Bonchev–Trinajstić information content (AvgIpc) is 3.15. The van der Waals surface area contributed by atoms with Crippen LogP contribution in [0.5, 0.6) is 0 Å². The molecule has 0 atom stereocenters. The Morgan fingerprint density at radius 3 is 2.68 bits per heavy atom. The average molecular weight is 492 g/mol. The first kappa shape index (κ1) is 20.3. The highest BCUT2D eigenvalue weighted by atomic mass is 127. The Bertz CT molecular complexity index is 671. The van der Waals surface area contributed by atoms with E-state index < -0.39 is 0 Å². The van der Waals surface area contributed by atoms with Crippen LogP contribution in [-0.2, 0) is 6.42 Å². The van der Waals surface area contributed by atoms with Gasteiger partial charge in [-0.25, -0.2) is 4.98 Å². The molecule has 0 saturated carbocycles. The zero-order valence-corrected chi connectivity index (χ0v) is 17.9. The number of halogens is 2. The van der Waals surface area contributed by atoms with Gasteiger partial charge in [-0.2, -0.15) is 0 Å². The monoisotopic (exact) mass is 491 g/mol. The summed E-state index contributed by atoms with van der Waals surface area (Å²) in [7, 11) is 0. The fourth-order valence-electron chi connectivity index (χ4n) is 2.76. The van der Waals surface area contributed by atoms with Crippen molar-refractivity contribution in [3.63, 3.8) is 0 Å². The molecule has 0 spiro atoms. The molecule has 2 N–H and O–H groups in total. The van der Waals surface area contributed by atoms with Gasteiger partial charge in [-0.1, -0.05) is 29.8 Å². The first-order valence-electron chi connectivity index (χ1n) is 8.17. The van der Waals surface area contributed by atoms with Crippen LogP contribution < -0.4 is 10.6 Å². The van der Waals surface area contributed by atoms with Crippen LogP contribution in [0.25, 0.3) is 0 Å². The standard InChI is InChI=1S/C17H22ClN5S.HI/c18-15-6-2-1-4-14(15)5-3-7-20-16(19)22-9-11-23(12-10-22)17-21-8-13-24-17;/h1-2,4,6,8,13H,3,5,7,9-12H2,(H2,19,20);1H. The zero-order chi connectivity index (χ0) is 16.8. The molecule has 1 saturated heterocycles. The van der Waals surface area contributed by atoms with Crippen molar-refractivity contribution < 1.29 is 0 Å². The van der Waals surface area contributed by atoms with Gasteiger partial charge in [0.1, 0.15) is 0 Å². The molecular weight excluding hydrogens is 469 g/mol. The Kier molecular flexibility index (Phi) is 8.25. The first-order chi connectivity index (χ1) is 11.7. The predicted molar refractivity (Wildman–Crippen MR) is 118 cm³/mol. The maximum atomic E-state index is 6.17. The number of nitrogens with two attached hydrogens (primary N) is 1. The van der Waals surface area contributed by atoms with Crippen LogP contribution in [0.1, 0.15) is 12.0 Å². The van der Waals surface area contributed by atoms with Gasteiger partial charge in [0.15, 0.2) is 11.1 Å². The number of guanidine groups is 1. The maximum Gasteiger partial charge on any atom is 0.191 e. The Hall–Kier alpha value is -1.06. The van der Waals surface area contributed by atoms with Gasteiger partial charge in [0.05, 0.1) is 0 Å². The van der Waals surface area contributed by atoms with Gasteiger partial charge in [-0.05, 0) is 24.5 Å². The van der Waals surface area contributed by atoms with E-state index in [1.807, 2.05) is 29.8 Å². The third kappa shape index (κ3) is 5.72. The molecule has 8 heteroatoms. The molecule has 136 valence electrons. The van der Waals surface area contributed by atoms with E-state index in [4.69, 9.17) is 17.3 Å². The number of aryl methyl sites for hydroxylation is 1. The van der Waals surface area contributed by atoms with E-state index in [0.29, 0.717) is 5.96 Å². The zero-order valence-electron chi connectivity index (χ0n) is 14.0. The van der Waals surface area contributed by atoms with Gasteiger partial charge in [0.2, 0.25) is 0 Å². The lowest BCUT2D eigenvalue weighted by molar-refractivity contribution is 0.380. The first-order valence-corrected chi connectivity index (χ1v) is 9.42. The van der Waals surface area contributed by atoms with Gasteiger partial charge < -0.3 is 15.5 Å². The largest absolute Gasteiger partial charge is 0.370 e. The van der Waals surface area contributed by atoms with E-state index in [2.05, 4.69) is 25.8 Å².